The summed E-state index contributed by atoms with van der Waals surface area (Å²) < 4.78 is 43.6. The fourth-order valence-corrected chi connectivity index (χ4v) is 4.74. The van der Waals surface area contributed by atoms with Crippen molar-refractivity contribution >= 4 is 17.5 Å². The number of hydrogen-bond donors (Lipinski definition) is 1. The maximum atomic E-state index is 13.0. The van der Waals surface area contributed by atoms with Gasteiger partial charge in [-0.3, -0.25) is 14.7 Å². The fourth-order valence-electron chi connectivity index (χ4n) is 4.46. The Morgan fingerprint density at radius 3 is 2.72 bits per heavy atom. The number of piperazine rings is 1. The molecule has 2 saturated heterocycles. The van der Waals surface area contributed by atoms with E-state index in [1.54, 1.807) is 23.1 Å². The van der Waals surface area contributed by atoms with Crippen LogP contribution in [-0.2, 0) is 11.8 Å². The average Bonchev–Trinajstić information content (AvgIpc) is 2.78. The molecule has 0 aliphatic carbocycles. The van der Waals surface area contributed by atoms with Gasteiger partial charge in [0.15, 0.2) is 0 Å². The lowest BCUT2D eigenvalue weighted by Crippen LogP contribution is -2.60. The van der Waals surface area contributed by atoms with E-state index in [-0.39, 0.29) is 23.5 Å². The molecule has 2 atom stereocenters. The van der Waals surface area contributed by atoms with Crippen molar-refractivity contribution in [3.8, 4) is 5.75 Å². The summed E-state index contributed by atoms with van der Waals surface area (Å²) in [6, 6.07) is 7.30. The minimum Gasteiger partial charge on any atom is -0.495 e. The number of carbonyl (C=O) groups excluding carboxylic acids is 1. The molecular weight excluding hydrogens is 447 g/mol. The van der Waals surface area contributed by atoms with Crippen LogP contribution in [-0.4, -0.2) is 65.1 Å². The molecule has 172 valence electrons. The van der Waals surface area contributed by atoms with E-state index in [0.717, 1.165) is 12.3 Å². The van der Waals surface area contributed by atoms with Gasteiger partial charge in [0.25, 0.3) is 5.91 Å². The molecule has 0 bridgehead atoms. The lowest BCUT2D eigenvalue weighted by Gasteiger charge is -2.49. The van der Waals surface area contributed by atoms with E-state index in [0.29, 0.717) is 49.4 Å². The van der Waals surface area contributed by atoms with Gasteiger partial charge >= 0.3 is 6.18 Å². The van der Waals surface area contributed by atoms with Gasteiger partial charge in [-0.05, 0) is 31.0 Å². The summed E-state index contributed by atoms with van der Waals surface area (Å²) in [6.07, 6.45) is -2.46. The smallest absolute Gasteiger partial charge is 0.433 e. The highest BCUT2D eigenvalue weighted by Gasteiger charge is 2.43. The predicted molar refractivity (Wildman–Crippen MR) is 112 cm³/mol. The molecule has 2 aromatic rings. The first-order valence-corrected chi connectivity index (χ1v) is 10.6. The summed E-state index contributed by atoms with van der Waals surface area (Å²) in [5, 5.41) is 11.4. The predicted octanol–water partition coefficient (Wildman–Crippen LogP) is 3.57. The summed E-state index contributed by atoms with van der Waals surface area (Å²) in [6.45, 7) is 1.74. The molecular formula is C22H23ClF3N3O3. The Morgan fingerprint density at radius 1 is 1.28 bits per heavy atom. The van der Waals surface area contributed by atoms with Gasteiger partial charge in [-0.15, -0.1) is 0 Å². The molecule has 2 fully saturated rings. The second-order valence-corrected chi connectivity index (χ2v) is 8.58. The third-order valence-electron chi connectivity index (χ3n) is 6.25. The number of pyridine rings is 1. The van der Waals surface area contributed by atoms with Crippen LogP contribution in [0.5, 0.6) is 5.75 Å². The first kappa shape index (κ1) is 22.8. The third kappa shape index (κ3) is 4.29. The molecule has 0 radical (unpaired) electrons. The van der Waals surface area contributed by atoms with Gasteiger partial charge in [-0.1, -0.05) is 23.7 Å². The monoisotopic (exact) mass is 469 g/mol. The highest BCUT2D eigenvalue weighted by atomic mass is 35.5. The van der Waals surface area contributed by atoms with E-state index in [9.17, 15) is 23.1 Å². The Hall–Kier alpha value is -2.36. The number of aliphatic hydroxyl groups is 1. The van der Waals surface area contributed by atoms with Crippen molar-refractivity contribution in [2.75, 3.05) is 33.3 Å². The Balaban J connectivity index is 1.45. The number of ether oxygens (including phenoxy) is 1. The molecule has 2 aliphatic heterocycles. The molecule has 1 N–H and O–H groups in total. The van der Waals surface area contributed by atoms with E-state index in [2.05, 4.69) is 9.88 Å². The number of benzene rings is 1. The molecule has 2 aliphatic rings. The molecule has 4 rings (SSSR count). The number of alkyl halides is 3. The summed E-state index contributed by atoms with van der Waals surface area (Å²) >= 11 is 6.31. The van der Waals surface area contributed by atoms with Crippen molar-refractivity contribution < 1.29 is 27.8 Å². The van der Waals surface area contributed by atoms with E-state index < -0.39 is 17.5 Å². The number of fused-ring (bicyclic) bond motifs is 1. The lowest BCUT2D eigenvalue weighted by molar-refractivity contribution is -0.141. The molecule has 2 unspecified atom stereocenters. The van der Waals surface area contributed by atoms with E-state index >= 15 is 0 Å². The molecule has 32 heavy (non-hydrogen) atoms. The normalized spacial score (nSPS) is 24.2. The quantitative estimate of drug-likeness (QED) is 0.744. The van der Waals surface area contributed by atoms with Crippen LogP contribution in [0, 0.1) is 0 Å². The molecule has 1 amide bonds. The van der Waals surface area contributed by atoms with Gasteiger partial charge in [0, 0.05) is 44.0 Å². The maximum Gasteiger partial charge on any atom is 0.433 e. The van der Waals surface area contributed by atoms with Crippen LogP contribution in [0.2, 0.25) is 5.02 Å². The SMILES string of the molecule is COc1cccc(C(=O)N2CCN3CC(O)(c4ccc(C(F)(F)F)nc4)CCC3C2)c1Cl. The minimum atomic E-state index is -4.52. The second-order valence-electron chi connectivity index (χ2n) is 8.20. The van der Waals surface area contributed by atoms with E-state index in [1.807, 2.05) is 0 Å². The molecule has 3 heterocycles. The Kier molecular flexibility index (Phi) is 6.08. The molecule has 1 aromatic heterocycles. The van der Waals surface area contributed by atoms with Crippen LogP contribution < -0.4 is 4.74 Å². The molecule has 0 spiro atoms. The van der Waals surface area contributed by atoms with Crippen LogP contribution in [0.4, 0.5) is 13.2 Å². The zero-order valence-corrected chi connectivity index (χ0v) is 18.2. The average molecular weight is 470 g/mol. The van der Waals surface area contributed by atoms with E-state index in [4.69, 9.17) is 16.3 Å². The Morgan fingerprint density at radius 2 is 2.06 bits per heavy atom. The highest BCUT2D eigenvalue weighted by molar-refractivity contribution is 6.35. The first-order valence-electron chi connectivity index (χ1n) is 10.2. The molecule has 10 heteroatoms. The number of halogens is 4. The Labute approximate surface area is 188 Å². The summed E-state index contributed by atoms with van der Waals surface area (Å²) in [7, 11) is 1.49. The summed E-state index contributed by atoms with van der Waals surface area (Å²) in [5.41, 5.74) is -1.52. The minimum absolute atomic E-state index is 0.0414. The zero-order valence-electron chi connectivity index (χ0n) is 17.4. The number of rotatable bonds is 3. The zero-order chi connectivity index (χ0) is 23.1. The van der Waals surface area contributed by atoms with Crippen LogP contribution in [0.3, 0.4) is 0 Å². The topological polar surface area (TPSA) is 65.9 Å². The highest BCUT2D eigenvalue weighted by Crippen LogP contribution is 2.37. The number of hydrogen-bond acceptors (Lipinski definition) is 5. The first-order chi connectivity index (χ1) is 15.1. The number of piperidine rings is 1. The number of amides is 1. The van der Waals surface area contributed by atoms with Crippen molar-refractivity contribution in [3.63, 3.8) is 0 Å². The van der Waals surface area contributed by atoms with Crippen LogP contribution in [0.15, 0.2) is 36.5 Å². The van der Waals surface area contributed by atoms with Crippen LogP contribution in [0.25, 0.3) is 0 Å². The van der Waals surface area contributed by atoms with Crippen LogP contribution >= 0.6 is 11.6 Å². The largest absolute Gasteiger partial charge is 0.495 e. The third-order valence-corrected chi connectivity index (χ3v) is 6.64. The van der Waals surface area contributed by atoms with Crippen molar-refractivity contribution in [2.24, 2.45) is 0 Å². The van der Waals surface area contributed by atoms with Crippen molar-refractivity contribution in [3.05, 3.63) is 58.4 Å². The maximum absolute atomic E-state index is 13.0. The second kappa shape index (κ2) is 8.53. The summed E-state index contributed by atoms with van der Waals surface area (Å²) in [5.74, 6) is 0.255. The number of methoxy groups -OCH3 is 1. The molecule has 6 nitrogen and oxygen atoms in total. The molecule has 1 aromatic carbocycles. The van der Waals surface area contributed by atoms with Crippen molar-refractivity contribution in [2.45, 2.75) is 30.7 Å². The number of carbonyl (C=O) groups is 1. The van der Waals surface area contributed by atoms with Gasteiger partial charge in [0.1, 0.15) is 17.0 Å². The van der Waals surface area contributed by atoms with Crippen molar-refractivity contribution in [1.82, 2.24) is 14.8 Å². The summed E-state index contributed by atoms with van der Waals surface area (Å²) in [4.78, 5) is 20.4. The standard InChI is InChI=1S/C22H23ClF3N3O3/c1-32-17-4-2-3-16(19(17)23)20(30)28-9-10-29-13-21(31,8-7-15(29)12-28)14-5-6-18(27-11-14)22(24,25)26/h2-6,11,15,31H,7-10,12-13H2,1H3. The van der Waals surface area contributed by atoms with Gasteiger partial charge in [-0.25, -0.2) is 0 Å². The van der Waals surface area contributed by atoms with Crippen LogP contribution in [0.1, 0.15) is 34.5 Å². The van der Waals surface area contributed by atoms with Gasteiger partial charge < -0.3 is 14.7 Å². The molecule has 0 saturated carbocycles. The van der Waals surface area contributed by atoms with Gasteiger partial charge in [0.05, 0.1) is 17.7 Å². The van der Waals surface area contributed by atoms with Crippen molar-refractivity contribution in [1.29, 1.82) is 0 Å². The lowest BCUT2D eigenvalue weighted by atomic mass is 9.82. The fraction of sp³-hybridized carbons (Fsp3) is 0.455. The number of aromatic nitrogens is 1. The van der Waals surface area contributed by atoms with Gasteiger partial charge in [-0.2, -0.15) is 13.2 Å². The van der Waals surface area contributed by atoms with Gasteiger partial charge in [0.2, 0.25) is 0 Å². The number of nitrogens with zero attached hydrogens (tertiary/aromatic N) is 3. The van der Waals surface area contributed by atoms with E-state index in [1.165, 1.54) is 13.2 Å². The Bertz CT molecular complexity index is 1000.